The maximum absolute atomic E-state index is 10.7. The van der Waals surface area contributed by atoms with Gasteiger partial charge in [0.15, 0.2) is 34.5 Å². The van der Waals surface area contributed by atoms with Crippen LogP contribution in [0.15, 0.2) is 66.7 Å². The molecule has 2 unspecified atom stereocenters. The van der Waals surface area contributed by atoms with Gasteiger partial charge in [0.05, 0.1) is 28.4 Å². The number of hydrogen-bond donors (Lipinski definition) is 1. The minimum Gasteiger partial charge on any atom is -0.504 e. The Kier molecular flexibility index (Phi) is 9.81. The van der Waals surface area contributed by atoms with Crippen LogP contribution in [0.25, 0.3) is 0 Å². The third-order valence-electron chi connectivity index (χ3n) is 9.24. The normalized spacial score (nSPS) is 18.0. The van der Waals surface area contributed by atoms with Crippen LogP contribution in [0.3, 0.4) is 0 Å². The maximum Gasteiger partial charge on any atom is 0.169 e. The fourth-order valence-corrected chi connectivity index (χ4v) is 7.40. The molecule has 0 saturated heterocycles. The summed E-state index contributed by atoms with van der Waals surface area (Å²) in [5, 5.41) is 10.7. The molecule has 2 aliphatic rings. The summed E-state index contributed by atoms with van der Waals surface area (Å²) in [6, 6.07) is 22.6. The van der Waals surface area contributed by atoms with Crippen LogP contribution in [0.4, 0.5) is 0 Å². The van der Waals surface area contributed by atoms with E-state index in [1.165, 1.54) is 27.8 Å². The third-order valence-corrected chi connectivity index (χ3v) is 10.4. The highest BCUT2D eigenvalue weighted by Gasteiger charge is 2.29. The summed E-state index contributed by atoms with van der Waals surface area (Å²) in [7, 11) is 8.85. The average molecular weight is 737 g/mol. The van der Waals surface area contributed by atoms with Crippen molar-refractivity contribution in [2.24, 2.45) is 0 Å². The van der Waals surface area contributed by atoms with Crippen LogP contribution >= 0.6 is 22.9 Å². The lowest BCUT2D eigenvalue weighted by molar-refractivity contribution is 0.228. The second-order valence-electron chi connectivity index (χ2n) is 11.9. The summed E-state index contributed by atoms with van der Waals surface area (Å²) in [6.45, 7) is 1.92. The number of fused-ring (bicyclic) bond motifs is 2. The Morgan fingerprint density at radius 3 is 1.78 bits per heavy atom. The highest BCUT2D eigenvalue weighted by atomic mass is 127. The Labute approximate surface area is 285 Å². The standard InChI is InChI=1S/C37H41IN2O6/c1-39-14-12-25-19-34(42-2)36(44-4)21-28(25)30(39)17-24-8-11-32(41)33(18-24)46-27-9-6-23(7-10-27)16-31-29-22-37(45-5)35(43-3)20-26(29)13-15-40(31)38/h6-11,18-22,30-31,41H,12-17H2,1-5H3. The Bertz CT molecular complexity index is 1690. The predicted molar refractivity (Wildman–Crippen MR) is 187 cm³/mol. The molecule has 8 nitrogen and oxygen atoms in total. The van der Waals surface area contributed by atoms with Crippen LogP contribution in [0.5, 0.6) is 40.2 Å². The minimum atomic E-state index is 0.111. The molecule has 4 aromatic carbocycles. The quantitative estimate of drug-likeness (QED) is 0.133. The van der Waals surface area contributed by atoms with Gasteiger partial charge >= 0.3 is 0 Å². The van der Waals surface area contributed by atoms with Crippen molar-refractivity contribution in [3.63, 3.8) is 0 Å². The van der Waals surface area contributed by atoms with E-state index in [-0.39, 0.29) is 17.8 Å². The first kappa shape index (κ1) is 32.3. The predicted octanol–water partition coefficient (Wildman–Crippen LogP) is 7.48. The molecule has 2 heterocycles. The second kappa shape index (κ2) is 14.0. The second-order valence-corrected chi connectivity index (χ2v) is 13.1. The van der Waals surface area contributed by atoms with Crippen LogP contribution in [0.1, 0.15) is 45.5 Å². The number of nitrogens with zero attached hydrogens (tertiary/aromatic N) is 2. The first-order valence-electron chi connectivity index (χ1n) is 15.5. The highest BCUT2D eigenvalue weighted by Crippen LogP contribution is 2.42. The lowest BCUT2D eigenvalue weighted by Gasteiger charge is -2.35. The molecular formula is C37H41IN2O6. The van der Waals surface area contributed by atoms with E-state index in [2.05, 4.69) is 74.3 Å². The third kappa shape index (κ3) is 6.59. The zero-order valence-corrected chi connectivity index (χ0v) is 29.2. The van der Waals surface area contributed by atoms with Crippen molar-refractivity contribution in [2.45, 2.75) is 37.8 Å². The van der Waals surface area contributed by atoms with Crippen LogP contribution in [0, 0.1) is 0 Å². The monoisotopic (exact) mass is 736 g/mol. The summed E-state index contributed by atoms with van der Waals surface area (Å²) < 4.78 is 30.9. The summed E-state index contributed by atoms with van der Waals surface area (Å²) in [4.78, 5) is 2.37. The van der Waals surface area contributed by atoms with E-state index < -0.39 is 0 Å². The van der Waals surface area contributed by atoms with E-state index in [1.807, 2.05) is 24.3 Å². The van der Waals surface area contributed by atoms with E-state index >= 15 is 0 Å². The van der Waals surface area contributed by atoms with E-state index in [4.69, 9.17) is 23.7 Å². The van der Waals surface area contributed by atoms with Crippen molar-refractivity contribution >= 4 is 22.9 Å². The zero-order chi connectivity index (χ0) is 32.4. The number of aromatic hydroxyl groups is 1. The molecule has 1 N–H and O–H groups in total. The summed E-state index contributed by atoms with van der Waals surface area (Å²) in [5.41, 5.74) is 7.36. The molecule has 0 spiro atoms. The van der Waals surface area contributed by atoms with Gasteiger partial charge in [0.1, 0.15) is 5.75 Å². The smallest absolute Gasteiger partial charge is 0.169 e. The van der Waals surface area contributed by atoms with Crippen LogP contribution in [-0.2, 0) is 25.7 Å². The molecule has 4 aromatic rings. The highest BCUT2D eigenvalue weighted by molar-refractivity contribution is 14.1. The molecule has 0 fully saturated rings. The van der Waals surface area contributed by atoms with Gasteiger partial charge in [-0.2, -0.15) is 0 Å². The van der Waals surface area contributed by atoms with Crippen LogP contribution in [0.2, 0.25) is 0 Å². The number of phenolic OH excluding ortho intramolecular Hbond substituents is 1. The Morgan fingerprint density at radius 2 is 1.17 bits per heavy atom. The molecule has 2 atom stereocenters. The maximum atomic E-state index is 10.7. The number of ether oxygens (including phenoxy) is 5. The van der Waals surface area contributed by atoms with Crippen molar-refractivity contribution < 1.29 is 28.8 Å². The lowest BCUT2D eigenvalue weighted by Crippen LogP contribution is -2.33. The molecule has 9 heteroatoms. The molecule has 0 amide bonds. The summed E-state index contributed by atoms with van der Waals surface area (Å²) in [5.74, 6) is 4.24. The zero-order valence-electron chi connectivity index (χ0n) is 27.0. The van der Waals surface area contributed by atoms with Gasteiger partial charge in [0, 0.05) is 48.0 Å². The number of phenols is 1. The number of likely N-dealkylation sites (N-methyl/N-ethyl adjacent to an activating group) is 1. The van der Waals surface area contributed by atoms with Crippen molar-refractivity contribution in [1.82, 2.24) is 8.01 Å². The SMILES string of the molecule is COc1cc2c(cc1OC)C(Cc1ccc(O)c(Oc3ccc(CC4c5cc(OC)c(OC)cc5CCN4I)cc3)c1)N(C)CC2. The van der Waals surface area contributed by atoms with Gasteiger partial charge in [-0.05, 0) is 115 Å². The Morgan fingerprint density at radius 1 is 0.652 bits per heavy atom. The molecule has 0 aromatic heterocycles. The van der Waals surface area contributed by atoms with E-state index in [1.54, 1.807) is 34.5 Å². The van der Waals surface area contributed by atoms with Gasteiger partial charge in [-0.25, -0.2) is 3.11 Å². The van der Waals surface area contributed by atoms with E-state index in [0.29, 0.717) is 11.5 Å². The number of rotatable bonds is 10. The van der Waals surface area contributed by atoms with Gasteiger partial charge in [-0.1, -0.05) is 18.2 Å². The van der Waals surface area contributed by atoms with E-state index in [9.17, 15) is 5.11 Å². The molecule has 0 aliphatic carbocycles. The van der Waals surface area contributed by atoms with Crippen molar-refractivity contribution in [2.75, 3.05) is 48.6 Å². The molecule has 46 heavy (non-hydrogen) atoms. The van der Waals surface area contributed by atoms with Crippen molar-refractivity contribution in [3.05, 3.63) is 100 Å². The average Bonchev–Trinajstić information content (AvgIpc) is 3.08. The number of halogens is 1. The van der Waals surface area contributed by atoms with Crippen molar-refractivity contribution in [1.29, 1.82) is 0 Å². The molecule has 6 rings (SSSR count). The van der Waals surface area contributed by atoms with Gasteiger partial charge in [-0.15, -0.1) is 0 Å². The number of benzene rings is 4. The Hall–Kier alpha value is -3.67. The van der Waals surface area contributed by atoms with Gasteiger partial charge in [0.25, 0.3) is 0 Å². The summed E-state index contributed by atoms with van der Waals surface area (Å²) >= 11 is 2.43. The first-order chi connectivity index (χ1) is 22.3. The fraction of sp³-hybridized carbons (Fsp3) is 0.351. The molecule has 242 valence electrons. The molecule has 0 bridgehead atoms. The van der Waals surface area contributed by atoms with E-state index in [0.717, 1.165) is 67.3 Å². The molecule has 0 saturated carbocycles. The molecular weight excluding hydrogens is 695 g/mol. The molecule has 2 aliphatic heterocycles. The largest absolute Gasteiger partial charge is 0.504 e. The van der Waals surface area contributed by atoms with Crippen molar-refractivity contribution in [3.8, 4) is 40.2 Å². The van der Waals surface area contributed by atoms with Gasteiger partial charge < -0.3 is 28.8 Å². The van der Waals surface area contributed by atoms with Crippen LogP contribution in [-0.4, -0.2) is 61.7 Å². The topological polar surface area (TPSA) is 72.9 Å². The first-order valence-corrected chi connectivity index (χ1v) is 16.5. The molecule has 0 radical (unpaired) electrons. The van der Waals surface area contributed by atoms with Crippen LogP contribution < -0.4 is 23.7 Å². The number of hydrogen-bond acceptors (Lipinski definition) is 8. The lowest BCUT2D eigenvalue weighted by atomic mass is 9.88. The van der Waals surface area contributed by atoms with Gasteiger partial charge in [0.2, 0.25) is 0 Å². The fourth-order valence-electron chi connectivity index (χ4n) is 6.66. The minimum absolute atomic E-state index is 0.111. The Balaban J connectivity index is 1.18. The summed E-state index contributed by atoms with van der Waals surface area (Å²) in [6.07, 6.45) is 3.53. The number of methoxy groups -OCH3 is 4. The van der Waals surface area contributed by atoms with Gasteiger partial charge in [-0.3, -0.25) is 4.90 Å².